The molecule has 0 spiro atoms. The Bertz CT molecular complexity index is 537. The quantitative estimate of drug-likeness (QED) is 0.865. The Morgan fingerprint density at radius 3 is 2.90 bits per heavy atom. The molecule has 0 bridgehead atoms. The molecule has 21 heavy (non-hydrogen) atoms. The SMILES string of the molecule is CC(C)CNCc1ccoc1CN1CCCS(=O)(=O)CC1. The van der Waals surface area contributed by atoms with Crippen LogP contribution < -0.4 is 5.32 Å². The first-order chi connectivity index (χ1) is 9.96. The standard InChI is InChI=1S/C15H26N2O3S/c1-13(2)10-16-11-14-4-7-20-15(14)12-17-5-3-8-21(18,19)9-6-17/h4,7,13,16H,3,5-6,8-12H2,1-2H3. The second-order valence-corrected chi connectivity index (χ2v) is 8.48. The van der Waals surface area contributed by atoms with E-state index < -0.39 is 9.84 Å². The van der Waals surface area contributed by atoms with E-state index >= 15 is 0 Å². The Kier molecular flexibility index (Phi) is 5.84. The van der Waals surface area contributed by atoms with Crippen molar-refractivity contribution in [2.45, 2.75) is 33.4 Å². The van der Waals surface area contributed by atoms with Crippen molar-refractivity contribution in [1.29, 1.82) is 0 Å². The number of furan rings is 1. The summed E-state index contributed by atoms with van der Waals surface area (Å²) in [5, 5.41) is 3.42. The van der Waals surface area contributed by atoms with Crippen LogP contribution in [0.1, 0.15) is 31.6 Å². The van der Waals surface area contributed by atoms with Crippen LogP contribution in [0.4, 0.5) is 0 Å². The fourth-order valence-electron chi connectivity index (χ4n) is 2.51. The maximum absolute atomic E-state index is 11.6. The summed E-state index contributed by atoms with van der Waals surface area (Å²) in [5.74, 6) is 2.14. The predicted molar refractivity (Wildman–Crippen MR) is 83.8 cm³/mol. The van der Waals surface area contributed by atoms with Gasteiger partial charge in [0, 0.05) is 18.7 Å². The highest BCUT2D eigenvalue weighted by Crippen LogP contribution is 2.15. The van der Waals surface area contributed by atoms with Gasteiger partial charge in [0.15, 0.2) is 9.84 Å². The molecule has 1 saturated heterocycles. The molecule has 5 nitrogen and oxygen atoms in total. The van der Waals surface area contributed by atoms with Gasteiger partial charge < -0.3 is 9.73 Å². The number of hydrogen-bond donors (Lipinski definition) is 1. The van der Waals surface area contributed by atoms with Gasteiger partial charge in [-0.2, -0.15) is 0 Å². The fraction of sp³-hybridized carbons (Fsp3) is 0.733. The van der Waals surface area contributed by atoms with Crippen molar-refractivity contribution in [1.82, 2.24) is 10.2 Å². The van der Waals surface area contributed by atoms with Crippen LogP contribution in [0.3, 0.4) is 0 Å². The molecule has 0 aromatic carbocycles. The van der Waals surface area contributed by atoms with Crippen LogP contribution in [0.25, 0.3) is 0 Å². The summed E-state index contributed by atoms with van der Waals surface area (Å²) in [5.41, 5.74) is 1.17. The monoisotopic (exact) mass is 314 g/mol. The number of nitrogens with zero attached hydrogens (tertiary/aromatic N) is 1. The van der Waals surface area contributed by atoms with Gasteiger partial charge in [-0.25, -0.2) is 8.42 Å². The predicted octanol–water partition coefficient (Wildman–Crippen LogP) is 1.65. The minimum atomic E-state index is -2.85. The summed E-state index contributed by atoms with van der Waals surface area (Å²) in [6.07, 6.45) is 2.43. The topological polar surface area (TPSA) is 62.6 Å². The Hall–Kier alpha value is -0.850. The molecule has 0 unspecified atom stereocenters. The molecule has 1 aromatic heterocycles. The second-order valence-electron chi connectivity index (χ2n) is 6.18. The summed E-state index contributed by atoms with van der Waals surface area (Å²) in [4.78, 5) is 2.18. The lowest BCUT2D eigenvalue weighted by Gasteiger charge is -2.18. The van der Waals surface area contributed by atoms with E-state index in [-0.39, 0.29) is 5.75 Å². The van der Waals surface area contributed by atoms with E-state index in [1.54, 1.807) is 6.26 Å². The van der Waals surface area contributed by atoms with E-state index in [4.69, 9.17) is 4.42 Å². The van der Waals surface area contributed by atoms with Gasteiger partial charge in [0.25, 0.3) is 0 Å². The molecule has 1 aromatic rings. The third kappa shape index (κ3) is 5.45. The molecule has 6 heteroatoms. The average molecular weight is 314 g/mol. The summed E-state index contributed by atoms with van der Waals surface area (Å²) in [6.45, 7) is 8.26. The first-order valence-corrected chi connectivity index (χ1v) is 9.47. The average Bonchev–Trinajstić information content (AvgIpc) is 2.75. The molecular formula is C15H26N2O3S. The van der Waals surface area contributed by atoms with E-state index in [0.29, 0.717) is 31.2 Å². The largest absolute Gasteiger partial charge is 0.468 e. The van der Waals surface area contributed by atoms with Gasteiger partial charge in [0.05, 0.1) is 24.3 Å². The molecule has 0 aliphatic carbocycles. The zero-order chi connectivity index (χ0) is 15.3. The van der Waals surface area contributed by atoms with Crippen molar-refractivity contribution in [3.63, 3.8) is 0 Å². The highest BCUT2D eigenvalue weighted by Gasteiger charge is 2.20. The molecule has 2 heterocycles. The van der Waals surface area contributed by atoms with Crippen molar-refractivity contribution in [2.24, 2.45) is 5.92 Å². The molecule has 1 fully saturated rings. The van der Waals surface area contributed by atoms with E-state index in [0.717, 1.165) is 25.4 Å². The van der Waals surface area contributed by atoms with Crippen LogP contribution in [0, 0.1) is 5.92 Å². The molecular weight excluding hydrogens is 288 g/mol. The minimum Gasteiger partial charge on any atom is -0.468 e. The smallest absolute Gasteiger partial charge is 0.151 e. The third-order valence-corrected chi connectivity index (χ3v) is 5.44. The van der Waals surface area contributed by atoms with Crippen molar-refractivity contribution in [2.75, 3.05) is 31.1 Å². The molecule has 1 aliphatic heterocycles. The highest BCUT2D eigenvalue weighted by molar-refractivity contribution is 7.91. The van der Waals surface area contributed by atoms with Crippen LogP contribution in [0.5, 0.6) is 0 Å². The molecule has 0 atom stereocenters. The third-order valence-electron chi connectivity index (χ3n) is 3.72. The second kappa shape index (κ2) is 7.42. The van der Waals surface area contributed by atoms with Crippen molar-refractivity contribution in [3.8, 4) is 0 Å². The van der Waals surface area contributed by atoms with Gasteiger partial charge in [-0.1, -0.05) is 13.8 Å². The number of nitrogens with one attached hydrogen (secondary N) is 1. The summed E-state index contributed by atoms with van der Waals surface area (Å²) >= 11 is 0. The van der Waals surface area contributed by atoms with Crippen molar-refractivity contribution < 1.29 is 12.8 Å². The fourth-order valence-corrected chi connectivity index (χ4v) is 3.82. The van der Waals surface area contributed by atoms with E-state index in [2.05, 4.69) is 24.1 Å². The Labute approximate surface area is 127 Å². The summed E-state index contributed by atoms with van der Waals surface area (Å²) < 4.78 is 28.8. The molecule has 2 rings (SSSR count). The highest BCUT2D eigenvalue weighted by atomic mass is 32.2. The normalized spacial score (nSPS) is 19.8. The first-order valence-electron chi connectivity index (χ1n) is 7.65. The van der Waals surface area contributed by atoms with Gasteiger partial charge in [0.1, 0.15) is 5.76 Å². The number of rotatable bonds is 6. The minimum absolute atomic E-state index is 0.259. The van der Waals surface area contributed by atoms with Crippen LogP contribution in [0.15, 0.2) is 16.7 Å². The molecule has 0 radical (unpaired) electrons. The van der Waals surface area contributed by atoms with E-state index in [1.165, 1.54) is 5.56 Å². The zero-order valence-electron chi connectivity index (χ0n) is 13.0. The molecule has 1 N–H and O–H groups in total. The number of sulfone groups is 1. The maximum Gasteiger partial charge on any atom is 0.151 e. The van der Waals surface area contributed by atoms with Crippen molar-refractivity contribution in [3.05, 3.63) is 23.7 Å². The summed E-state index contributed by atoms with van der Waals surface area (Å²) in [6, 6.07) is 2.00. The molecule has 120 valence electrons. The van der Waals surface area contributed by atoms with Gasteiger partial charge in [-0.05, 0) is 31.5 Å². The van der Waals surface area contributed by atoms with Gasteiger partial charge >= 0.3 is 0 Å². The van der Waals surface area contributed by atoms with Crippen LogP contribution in [-0.2, 0) is 22.9 Å². The molecule has 0 saturated carbocycles. The van der Waals surface area contributed by atoms with Gasteiger partial charge in [-0.3, -0.25) is 4.90 Å². The van der Waals surface area contributed by atoms with Crippen LogP contribution >= 0.6 is 0 Å². The number of hydrogen-bond acceptors (Lipinski definition) is 5. The summed E-state index contributed by atoms with van der Waals surface area (Å²) in [7, 11) is -2.85. The lowest BCUT2D eigenvalue weighted by Crippen LogP contribution is -2.27. The zero-order valence-corrected chi connectivity index (χ0v) is 13.8. The van der Waals surface area contributed by atoms with Gasteiger partial charge in [0.2, 0.25) is 0 Å². The van der Waals surface area contributed by atoms with Crippen LogP contribution in [-0.4, -0.2) is 44.5 Å². The maximum atomic E-state index is 11.6. The lowest BCUT2D eigenvalue weighted by atomic mass is 10.2. The lowest BCUT2D eigenvalue weighted by molar-refractivity contribution is 0.260. The Morgan fingerprint density at radius 2 is 2.14 bits per heavy atom. The van der Waals surface area contributed by atoms with Crippen molar-refractivity contribution >= 4 is 9.84 Å². The van der Waals surface area contributed by atoms with E-state index in [1.807, 2.05) is 6.07 Å². The Morgan fingerprint density at radius 1 is 1.33 bits per heavy atom. The molecule has 0 amide bonds. The molecule has 1 aliphatic rings. The van der Waals surface area contributed by atoms with E-state index in [9.17, 15) is 8.42 Å². The Balaban J connectivity index is 1.89. The van der Waals surface area contributed by atoms with Gasteiger partial charge in [-0.15, -0.1) is 0 Å². The van der Waals surface area contributed by atoms with Crippen LogP contribution in [0.2, 0.25) is 0 Å². The first kappa shape index (κ1) is 16.5.